The van der Waals surface area contributed by atoms with Gasteiger partial charge in [0.25, 0.3) is 0 Å². The van der Waals surface area contributed by atoms with Crippen molar-refractivity contribution in [3.8, 4) is 0 Å². The van der Waals surface area contributed by atoms with Crippen LogP contribution in [0, 0.1) is 5.41 Å². The molecule has 0 atom stereocenters. The molecule has 0 N–H and O–H groups in total. The first-order valence-corrected chi connectivity index (χ1v) is 8.44. The molecule has 0 aromatic carbocycles. The van der Waals surface area contributed by atoms with Crippen molar-refractivity contribution in [2.24, 2.45) is 5.41 Å². The third-order valence-corrected chi connectivity index (χ3v) is 4.52. The Morgan fingerprint density at radius 1 is 1.18 bits per heavy atom. The zero-order valence-corrected chi connectivity index (χ0v) is 11.9. The highest BCUT2D eigenvalue weighted by atomic mass is 35.7. The van der Waals surface area contributed by atoms with Gasteiger partial charge in [-0.3, -0.25) is 0 Å². The van der Waals surface area contributed by atoms with Crippen molar-refractivity contribution in [1.82, 2.24) is 0 Å². The first kappa shape index (κ1) is 15.2. The Kier molecular flexibility index (Phi) is 6.20. The smallest absolute Gasteiger partial charge is 0.233 e. The second kappa shape index (κ2) is 6.92. The van der Waals surface area contributed by atoms with E-state index < -0.39 is 9.05 Å². The summed E-state index contributed by atoms with van der Waals surface area (Å²) < 4.78 is 33.0. The van der Waals surface area contributed by atoms with Crippen molar-refractivity contribution in [1.29, 1.82) is 0 Å². The van der Waals surface area contributed by atoms with Crippen LogP contribution in [0.5, 0.6) is 0 Å². The van der Waals surface area contributed by atoms with Crippen LogP contribution in [0.25, 0.3) is 0 Å². The highest BCUT2D eigenvalue weighted by molar-refractivity contribution is 8.13. The summed E-state index contributed by atoms with van der Waals surface area (Å²) in [5.41, 5.74) is -0.285. The largest absolute Gasteiger partial charge is 0.382 e. The van der Waals surface area contributed by atoms with E-state index in [0.29, 0.717) is 19.8 Å². The molecule has 0 aromatic heterocycles. The number of methoxy groups -OCH3 is 1. The molecule has 17 heavy (non-hydrogen) atoms. The molecule has 0 aliphatic heterocycles. The van der Waals surface area contributed by atoms with Crippen LogP contribution < -0.4 is 0 Å². The summed E-state index contributed by atoms with van der Waals surface area (Å²) in [5.74, 6) is 0.0224. The van der Waals surface area contributed by atoms with Gasteiger partial charge in [-0.05, 0) is 12.8 Å². The van der Waals surface area contributed by atoms with Crippen LogP contribution in [0.3, 0.4) is 0 Å². The third-order valence-electron chi connectivity index (χ3n) is 3.23. The van der Waals surface area contributed by atoms with Crippen molar-refractivity contribution in [3.63, 3.8) is 0 Å². The van der Waals surface area contributed by atoms with Gasteiger partial charge in [0.2, 0.25) is 9.05 Å². The molecule has 0 saturated heterocycles. The van der Waals surface area contributed by atoms with E-state index >= 15 is 0 Å². The predicted octanol–water partition coefficient (Wildman–Crippen LogP) is 2.17. The molecule has 0 radical (unpaired) electrons. The molecular formula is C11H21ClO4S. The Bertz CT molecular complexity index is 309. The lowest BCUT2D eigenvalue weighted by Gasteiger charge is -2.35. The minimum absolute atomic E-state index is 0.0224. The minimum atomic E-state index is -3.46. The quantitative estimate of drug-likeness (QED) is 0.531. The fraction of sp³-hybridized carbons (Fsp3) is 1.00. The van der Waals surface area contributed by atoms with Gasteiger partial charge in [-0.2, -0.15) is 0 Å². The lowest BCUT2D eigenvalue weighted by Crippen LogP contribution is -2.36. The lowest BCUT2D eigenvalue weighted by atomic mass is 9.76. The standard InChI is InChI=1S/C11H21ClO4S/c1-15-7-8-16-9-11(10-17(12,13)14)5-3-2-4-6-11/h2-10H2,1H3. The van der Waals surface area contributed by atoms with Crippen molar-refractivity contribution >= 4 is 19.7 Å². The molecule has 4 nitrogen and oxygen atoms in total. The van der Waals surface area contributed by atoms with Gasteiger partial charge < -0.3 is 9.47 Å². The Balaban J connectivity index is 2.52. The van der Waals surface area contributed by atoms with E-state index in [1.807, 2.05) is 0 Å². The van der Waals surface area contributed by atoms with E-state index in [1.54, 1.807) is 7.11 Å². The maximum Gasteiger partial charge on any atom is 0.233 e. The van der Waals surface area contributed by atoms with Gasteiger partial charge in [-0.25, -0.2) is 8.42 Å². The van der Waals surface area contributed by atoms with Crippen LogP contribution in [-0.2, 0) is 18.5 Å². The molecule has 0 spiro atoms. The molecule has 6 heteroatoms. The summed E-state index contributed by atoms with van der Waals surface area (Å²) in [6, 6.07) is 0. The Labute approximate surface area is 108 Å². The van der Waals surface area contributed by atoms with Crippen LogP contribution in [0.4, 0.5) is 0 Å². The lowest BCUT2D eigenvalue weighted by molar-refractivity contribution is 0.00866. The monoisotopic (exact) mass is 284 g/mol. The van der Waals surface area contributed by atoms with Gasteiger partial charge in [0.05, 0.1) is 25.6 Å². The molecule has 1 aliphatic rings. The maximum absolute atomic E-state index is 11.3. The molecule has 0 amide bonds. The van der Waals surface area contributed by atoms with E-state index in [2.05, 4.69) is 0 Å². The predicted molar refractivity (Wildman–Crippen MR) is 67.9 cm³/mol. The van der Waals surface area contributed by atoms with Crippen molar-refractivity contribution in [2.75, 3.05) is 32.7 Å². The molecular weight excluding hydrogens is 264 g/mol. The van der Waals surface area contributed by atoms with E-state index in [4.69, 9.17) is 20.2 Å². The molecule has 0 unspecified atom stereocenters. The van der Waals surface area contributed by atoms with Crippen LogP contribution in [0.2, 0.25) is 0 Å². The average Bonchev–Trinajstić information content (AvgIpc) is 2.23. The second-order valence-corrected chi connectivity index (χ2v) is 7.57. The summed E-state index contributed by atoms with van der Waals surface area (Å²) in [7, 11) is 3.54. The molecule has 1 aliphatic carbocycles. The highest BCUT2D eigenvalue weighted by Gasteiger charge is 2.36. The van der Waals surface area contributed by atoms with Crippen LogP contribution in [-0.4, -0.2) is 41.1 Å². The summed E-state index contributed by atoms with van der Waals surface area (Å²) in [5, 5.41) is 0. The Morgan fingerprint density at radius 3 is 2.35 bits per heavy atom. The molecule has 0 aromatic rings. The van der Waals surface area contributed by atoms with Crippen LogP contribution in [0.1, 0.15) is 32.1 Å². The molecule has 0 bridgehead atoms. The summed E-state index contributed by atoms with van der Waals surface area (Å²) >= 11 is 0. The first-order valence-electron chi connectivity index (χ1n) is 5.96. The molecule has 1 rings (SSSR count). The fourth-order valence-electron chi connectivity index (χ4n) is 2.43. The zero-order chi connectivity index (χ0) is 12.8. The Hall–Kier alpha value is 0.160. The van der Waals surface area contributed by atoms with Gasteiger partial charge >= 0.3 is 0 Å². The maximum atomic E-state index is 11.3. The minimum Gasteiger partial charge on any atom is -0.382 e. The zero-order valence-electron chi connectivity index (χ0n) is 10.3. The van der Waals surface area contributed by atoms with Gasteiger partial charge in [-0.1, -0.05) is 19.3 Å². The fourth-order valence-corrected chi connectivity index (χ4v) is 4.23. The topological polar surface area (TPSA) is 52.6 Å². The van der Waals surface area contributed by atoms with Crippen molar-refractivity contribution in [3.05, 3.63) is 0 Å². The number of ether oxygens (including phenoxy) is 2. The van der Waals surface area contributed by atoms with Gasteiger partial charge in [-0.15, -0.1) is 0 Å². The number of rotatable bonds is 7. The SMILES string of the molecule is COCCOCC1(CS(=O)(=O)Cl)CCCCC1. The van der Waals surface area contributed by atoms with Crippen LogP contribution >= 0.6 is 10.7 Å². The van der Waals surface area contributed by atoms with Crippen LogP contribution in [0.15, 0.2) is 0 Å². The van der Waals surface area contributed by atoms with Gasteiger partial charge in [0.1, 0.15) is 0 Å². The van der Waals surface area contributed by atoms with Gasteiger partial charge in [0.15, 0.2) is 0 Å². The molecule has 102 valence electrons. The second-order valence-electron chi connectivity index (χ2n) is 4.79. The molecule has 0 heterocycles. The Morgan fingerprint density at radius 2 is 1.82 bits per heavy atom. The van der Waals surface area contributed by atoms with Gasteiger partial charge in [0, 0.05) is 23.2 Å². The number of hydrogen-bond donors (Lipinski definition) is 0. The van der Waals surface area contributed by atoms with E-state index in [-0.39, 0.29) is 11.2 Å². The summed E-state index contributed by atoms with van der Waals surface area (Å²) in [6.07, 6.45) is 5.04. The summed E-state index contributed by atoms with van der Waals surface area (Å²) in [4.78, 5) is 0. The van der Waals surface area contributed by atoms with Crippen molar-refractivity contribution < 1.29 is 17.9 Å². The van der Waals surface area contributed by atoms with E-state index in [0.717, 1.165) is 25.7 Å². The summed E-state index contributed by atoms with van der Waals surface area (Å²) in [6.45, 7) is 1.49. The number of halogens is 1. The van der Waals surface area contributed by atoms with E-state index in [9.17, 15) is 8.42 Å². The van der Waals surface area contributed by atoms with E-state index in [1.165, 1.54) is 6.42 Å². The first-order chi connectivity index (χ1) is 7.97. The number of hydrogen-bond acceptors (Lipinski definition) is 4. The molecule has 1 fully saturated rings. The highest BCUT2D eigenvalue weighted by Crippen LogP contribution is 2.38. The third kappa shape index (κ3) is 6.04. The average molecular weight is 285 g/mol. The van der Waals surface area contributed by atoms with Crippen molar-refractivity contribution in [2.45, 2.75) is 32.1 Å². The molecule has 1 saturated carbocycles. The normalized spacial score (nSPS) is 20.4.